The minimum absolute atomic E-state index is 0.234. The fraction of sp³-hybridized carbons (Fsp3) is 0.353. The van der Waals surface area contributed by atoms with E-state index in [1.54, 1.807) is 5.48 Å². The predicted octanol–water partition coefficient (Wildman–Crippen LogP) is 1.47. The van der Waals surface area contributed by atoms with Crippen LogP contribution in [0.1, 0.15) is 15.9 Å². The Morgan fingerprint density at radius 2 is 1.84 bits per heavy atom. The van der Waals surface area contributed by atoms with Gasteiger partial charge in [0.25, 0.3) is 5.91 Å². The summed E-state index contributed by atoms with van der Waals surface area (Å²) in [7, 11) is 0. The minimum Gasteiger partial charge on any atom is -0.340 e. The van der Waals surface area contributed by atoms with E-state index >= 15 is 0 Å². The number of hydrogen-bond donors (Lipinski definition) is 3. The maximum Gasteiger partial charge on any atom is 0.277 e. The Hall–Kier alpha value is -2.22. The van der Waals surface area contributed by atoms with E-state index in [0.717, 1.165) is 24.7 Å². The van der Waals surface area contributed by atoms with Crippen LogP contribution in [0, 0.1) is 11.8 Å². The van der Waals surface area contributed by atoms with Crippen molar-refractivity contribution in [1.29, 1.82) is 0 Å². The molecule has 7 nitrogen and oxygen atoms in total. The molecule has 2 atom stereocenters. The molecule has 25 heavy (non-hydrogen) atoms. The van der Waals surface area contributed by atoms with Gasteiger partial charge in [-0.05, 0) is 29.5 Å². The second kappa shape index (κ2) is 6.59. The van der Waals surface area contributed by atoms with Crippen molar-refractivity contribution < 1.29 is 10.0 Å². The Morgan fingerprint density at radius 1 is 1.20 bits per heavy atom. The van der Waals surface area contributed by atoms with Crippen molar-refractivity contribution in [2.24, 2.45) is 11.8 Å². The van der Waals surface area contributed by atoms with Crippen LogP contribution in [0.3, 0.4) is 0 Å². The maximum absolute atomic E-state index is 11.3. The normalized spacial score (nSPS) is 24.1. The molecule has 1 aliphatic carbocycles. The number of benzene rings is 1. The molecule has 8 heteroatoms. The van der Waals surface area contributed by atoms with E-state index in [2.05, 4.69) is 20.2 Å². The molecule has 2 heterocycles. The highest BCUT2D eigenvalue weighted by Crippen LogP contribution is 2.46. The molecule has 1 saturated heterocycles. The molecular weight excluding hydrogens is 342 g/mol. The van der Waals surface area contributed by atoms with Crippen molar-refractivity contribution >= 4 is 23.5 Å². The molecule has 0 spiro atoms. The van der Waals surface area contributed by atoms with E-state index in [9.17, 15) is 4.79 Å². The number of aromatic nitrogens is 2. The van der Waals surface area contributed by atoms with Gasteiger partial charge in [-0.3, -0.25) is 10.0 Å². The van der Waals surface area contributed by atoms with Gasteiger partial charge < -0.3 is 10.2 Å². The van der Waals surface area contributed by atoms with Crippen LogP contribution >= 0.6 is 11.6 Å². The number of nitrogens with one attached hydrogen (secondary N) is 2. The summed E-state index contributed by atoms with van der Waals surface area (Å²) in [4.78, 5) is 21.9. The summed E-state index contributed by atoms with van der Waals surface area (Å²) < 4.78 is 0. The summed E-state index contributed by atoms with van der Waals surface area (Å²) >= 11 is 5.90. The first-order valence-corrected chi connectivity index (χ1v) is 8.53. The maximum atomic E-state index is 11.3. The van der Waals surface area contributed by atoms with Gasteiger partial charge in [-0.15, -0.1) is 0 Å². The summed E-state index contributed by atoms with van der Waals surface area (Å²) in [5, 5.41) is 13.0. The molecule has 1 aromatic heterocycles. The average molecular weight is 360 g/mol. The van der Waals surface area contributed by atoms with E-state index in [-0.39, 0.29) is 5.56 Å². The zero-order valence-electron chi connectivity index (χ0n) is 13.4. The fourth-order valence-corrected chi connectivity index (χ4v) is 3.62. The summed E-state index contributed by atoms with van der Waals surface area (Å²) in [6.07, 6.45) is 2.85. The monoisotopic (exact) mass is 359 g/mol. The van der Waals surface area contributed by atoms with Crippen molar-refractivity contribution in [3.05, 3.63) is 52.8 Å². The average Bonchev–Trinajstić information content (AvgIpc) is 3.10. The topological polar surface area (TPSA) is 90.4 Å². The Balaban J connectivity index is 1.29. The van der Waals surface area contributed by atoms with Gasteiger partial charge in [-0.1, -0.05) is 23.7 Å². The van der Waals surface area contributed by atoms with Crippen molar-refractivity contribution in [1.82, 2.24) is 20.8 Å². The zero-order chi connectivity index (χ0) is 17.4. The van der Waals surface area contributed by atoms with Gasteiger partial charge in [-0.25, -0.2) is 15.4 Å². The van der Waals surface area contributed by atoms with Crippen LogP contribution < -0.4 is 15.7 Å². The molecule has 2 unspecified atom stereocenters. The Labute approximate surface area is 150 Å². The van der Waals surface area contributed by atoms with Gasteiger partial charge in [-0.2, -0.15) is 0 Å². The highest BCUT2D eigenvalue weighted by Gasteiger charge is 2.55. The third-order valence-corrected chi connectivity index (χ3v) is 5.19. The smallest absolute Gasteiger partial charge is 0.277 e. The van der Waals surface area contributed by atoms with Crippen LogP contribution in [-0.2, 0) is 6.54 Å². The molecule has 1 amide bonds. The first-order valence-electron chi connectivity index (χ1n) is 8.15. The van der Waals surface area contributed by atoms with Crippen LogP contribution in [0.15, 0.2) is 36.7 Å². The highest BCUT2D eigenvalue weighted by atomic mass is 35.5. The number of hydrogen-bond acceptors (Lipinski definition) is 6. The SMILES string of the molecule is O=C(NO)c1cnc(N2CC3C(C2)C3NCc2ccc(Cl)cc2)nc1. The van der Waals surface area contributed by atoms with Gasteiger partial charge in [0.05, 0.1) is 5.56 Å². The lowest BCUT2D eigenvalue weighted by atomic mass is 10.2. The van der Waals surface area contributed by atoms with E-state index in [4.69, 9.17) is 16.8 Å². The minimum atomic E-state index is -0.609. The molecule has 4 rings (SSSR count). The lowest BCUT2D eigenvalue weighted by molar-refractivity contribution is 0.0705. The molecule has 2 fully saturated rings. The van der Waals surface area contributed by atoms with Gasteiger partial charge >= 0.3 is 0 Å². The number of halogens is 1. The zero-order valence-corrected chi connectivity index (χ0v) is 14.1. The second-order valence-corrected chi connectivity index (χ2v) is 6.91. The molecule has 2 aliphatic rings. The quantitative estimate of drug-likeness (QED) is 0.553. The van der Waals surface area contributed by atoms with E-state index in [0.29, 0.717) is 23.8 Å². The van der Waals surface area contributed by atoms with Crippen LogP contribution in [0.4, 0.5) is 5.95 Å². The number of amides is 1. The number of piperidine rings is 1. The summed E-state index contributed by atoms with van der Waals surface area (Å²) in [6.45, 7) is 2.67. The van der Waals surface area contributed by atoms with E-state index < -0.39 is 5.91 Å². The van der Waals surface area contributed by atoms with Gasteiger partial charge in [0.1, 0.15) is 0 Å². The van der Waals surface area contributed by atoms with Crippen molar-refractivity contribution in [3.8, 4) is 0 Å². The lowest BCUT2D eigenvalue weighted by Gasteiger charge is -2.20. The predicted molar refractivity (Wildman–Crippen MR) is 92.6 cm³/mol. The molecule has 2 aromatic rings. The van der Waals surface area contributed by atoms with Crippen LogP contribution in [-0.4, -0.2) is 40.2 Å². The first kappa shape index (κ1) is 16.3. The van der Waals surface area contributed by atoms with Crippen LogP contribution in [0.25, 0.3) is 0 Å². The van der Waals surface area contributed by atoms with Crippen LogP contribution in [0.5, 0.6) is 0 Å². The molecule has 3 N–H and O–H groups in total. The lowest BCUT2D eigenvalue weighted by Crippen LogP contribution is -2.32. The highest BCUT2D eigenvalue weighted by molar-refractivity contribution is 6.30. The molecule has 0 bridgehead atoms. The molecular formula is C17H18ClN5O2. The Bertz CT molecular complexity index is 756. The Kier molecular flexibility index (Phi) is 4.29. The van der Waals surface area contributed by atoms with Crippen molar-refractivity contribution in [2.45, 2.75) is 12.6 Å². The molecule has 1 saturated carbocycles. The number of rotatable bonds is 5. The molecule has 1 aromatic carbocycles. The standard InChI is InChI=1S/C17H18ClN5O2/c18-12-3-1-10(2-4-12)5-19-15-13-8-23(9-14(13)15)17-20-6-11(7-21-17)16(24)22-25/h1-4,6-7,13-15,19,25H,5,8-9H2,(H,22,24). The number of fused-ring (bicyclic) bond motifs is 1. The Morgan fingerprint density at radius 3 is 2.44 bits per heavy atom. The second-order valence-electron chi connectivity index (χ2n) is 6.48. The van der Waals surface area contributed by atoms with E-state index in [1.165, 1.54) is 18.0 Å². The summed E-state index contributed by atoms with van der Waals surface area (Å²) in [6, 6.07) is 8.43. The third-order valence-electron chi connectivity index (χ3n) is 4.93. The largest absolute Gasteiger partial charge is 0.340 e. The molecule has 1 aliphatic heterocycles. The molecule has 0 radical (unpaired) electrons. The van der Waals surface area contributed by atoms with Gasteiger partial charge in [0.15, 0.2) is 0 Å². The van der Waals surface area contributed by atoms with Gasteiger partial charge in [0.2, 0.25) is 5.95 Å². The first-order chi connectivity index (χ1) is 12.2. The van der Waals surface area contributed by atoms with Gasteiger partial charge in [0, 0.05) is 43.1 Å². The number of hydroxylamine groups is 1. The van der Waals surface area contributed by atoms with Crippen molar-refractivity contribution in [2.75, 3.05) is 18.0 Å². The van der Waals surface area contributed by atoms with Crippen molar-refractivity contribution in [3.63, 3.8) is 0 Å². The third kappa shape index (κ3) is 3.30. The summed E-state index contributed by atoms with van der Waals surface area (Å²) in [5.41, 5.74) is 3.04. The molecule has 130 valence electrons. The number of anilines is 1. The fourth-order valence-electron chi connectivity index (χ4n) is 3.50. The van der Waals surface area contributed by atoms with Crippen LogP contribution in [0.2, 0.25) is 5.02 Å². The summed E-state index contributed by atoms with van der Waals surface area (Å²) in [5.74, 6) is 1.23. The number of carbonyl (C=O) groups is 1. The number of carbonyl (C=O) groups excluding carboxylic acids is 1. The van der Waals surface area contributed by atoms with E-state index in [1.807, 2.05) is 24.3 Å². The number of nitrogens with zero attached hydrogens (tertiary/aromatic N) is 3.